The first kappa shape index (κ1) is 21.8. The molecule has 0 unspecified atom stereocenters. The van der Waals surface area contributed by atoms with Crippen molar-refractivity contribution < 1.29 is 9.53 Å². The third kappa shape index (κ3) is 4.76. The summed E-state index contributed by atoms with van der Waals surface area (Å²) in [4.78, 5) is 17.1. The number of nitrogens with one attached hydrogen (secondary N) is 1. The van der Waals surface area contributed by atoms with Crippen LogP contribution in [-0.4, -0.2) is 10.9 Å². The molecule has 32 heavy (non-hydrogen) atoms. The number of aryl methyl sites for hydroxylation is 1. The number of benzene rings is 3. The van der Waals surface area contributed by atoms with E-state index in [4.69, 9.17) is 16.3 Å². The van der Waals surface area contributed by atoms with Gasteiger partial charge in [-0.3, -0.25) is 9.78 Å². The van der Waals surface area contributed by atoms with E-state index in [0.29, 0.717) is 28.9 Å². The minimum absolute atomic E-state index is 0.213. The fourth-order valence-electron chi connectivity index (χ4n) is 3.81. The lowest BCUT2D eigenvalue weighted by molar-refractivity contribution is 0.102. The molecule has 0 aliphatic heterocycles. The maximum Gasteiger partial charge on any atom is 0.255 e. The molecule has 4 rings (SSSR count). The Labute approximate surface area is 193 Å². The van der Waals surface area contributed by atoms with Crippen LogP contribution in [0.4, 0.5) is 5.69 Å². The summed E-state index contributed by atoms with van der Waals surface area (Å²) in [5.74, 6) is 0.682. The number of ether oxygens (including phenoxy) is 1. The Morgan fingerprint density at radius 2 is 1.88 bits per heavy atom. The second kappa shape index (κ2) is 9.41. The lowest BCUT2D eigenvalue weighted by Crippen LogP contribution is -2.12. The van der Waals surface area contributed by atoms with E-state index >= 15 is 0 Å². The van der Waals surface area contributed by atoms with Crippen molar-refractivity contribution in [2.75, 3.05) is 5.32 Å². The van der Waals surface area contributed by atoms with E-state index in [-0.39, 0.29) is 5.91 Å². The molecule has 1 aromatic heterocycles. The van der Waals surface area contributed by atoms with Crippen molar-refractivity contribution in [1.82, 2.24) is 4.98 Å². The largest absolute Gasteiger partial charge is 0.487 e. The molecule has 4 aromatic rings. The molecule has 0 atom stereocenters. The number of amides is 1. The van der Waals surface area contributed by atoms with Gasteiger partial charge in [-0.05, 0) is 59.7 Å². The number of rotatable bonds is 6. The SMILES string of the molecule is Cc1cc(NC(=O)c2ccc(Cl)c(OCc3cncc4ccccc34)c2)ccc1C(C)C. The fraction of sp³-hybridized carbons (Fsp3) is 0.185. The minimum atomic E-state index is -0.213. The van der Waals surface area contributed by atoms with Crippen molar-refractivity contribution in [1.29, 1.82) is 0 Å². The predicted molar refractivity (Wildman–Crippen MR) is 131 cm³/mol. The number of carbonyl (C=O) groups is 1. The van der Waals surface area contributed by atoms with Crippen molar-refractivity contribution in [2.45, 2.75) is 33.3 Å². The number of fused-ring (bicyclic) bond motifs is 1. The second-order valence-corrected chi connectivity index (χ2v) is 8.54. The van der Waals surface area contributed by atoms with E-state index in [0.717, 1.165) is 27.6 Å². The van der Waals surface area contributed by atoms with Gasteiger partial charge in [0.05, 0.1) is 5.02 Å². The summed E-state index contributed by atoms with van der Waals surface area (Å²) in [7, 11) is 0. The summed E-state index contributed by atoms with van der Waals surface area (Å²) in [6.07, 6.45) is 3.61. The van der Waals surface area contributed by atoms with Crippen LogP contribution < -0.4 is 10.1 Å². The molecule has 0 fully saturated rings. The first-order chi connectivity index (χ1) is 15.4. The van der Waals surface area contributed by atoms with Gasteiger partial charge < -0.3 is 10.1 Å². The molecular weight excluding hydrogens is 420 g/mol. The second-order valence-electron chi connectivity index (χ2n) is 8.13. The Morgan fingerprint density at radius 1 is 1.06 bits per heavy atom. The van der Waals surface area contributed by atoms with Gasteiger partial charge in [0, 0.05) is 34.6 Å². The highest BCUT2D eigenvalue weighted by molar-refractivity contribution is 6.32. The van der Waals surface area contributed by atoms with Crippen molar-refractivity contribution >= 4 is 34.0 Å². The standard InChI is InChI=1S/C27H25ClN2O2/c1-17(2)23-10-9-22(12-18(23)3)30-27(31)19-8-11-25(28)26(13-19)32-16-21-15-29-14-20-6-4-5-7-24(20)21/h4-15,17H,16H2,1-3H3,(H,30,31). The molecule has 162 valence electrons. The summed E-state index contributed by atoms with van der Waals surface area (Å²) in [6, 6.07) is 19.0. The maximum absolute atomic E-state index is 12.8. The first-order valence-electron chi connectivity index (χ1n) is 10.6. The van der Waals surface area contributed by atoms with Crippen LogP contribution in [0.25, 0.3) is 10.8 Å². The van der Waals surface area contributed by atoms with E-state index in [1.807, 2.05) is 42.6 Å². The fourth-order valence-corrected chi connectivity index (χ4v) is 3.98. The average Bonchev–Trinajstić information content (AvgIpc) is 2.78. The van der Waals surface area contributed by atoms with Crippen LogP contribution in [0.5, 0.6) is 5.75 Å². The zero-order chi connectivity index (χ0) is 22.7. The van der Waals surface area contributed by atoms with Gasteiger partial charge in [-0.25, -0.2) is 0 Å². The van der Waals surface area contributed by atoms with Crippen molar-refractivity contribution in [3.63, 3.8) is 0 Å². The highest BCUT2D eigenvalue weighted by Gasteiger charge is 2.12. The van der Waals surface area contributed by atoms with E-state index in [2.05, 4.69) is 37.1 Å². The van der Waals surface area contributed by atoms with Crippen LogP contribution in [0.3, 0.4) is 0 Å². The van der Waals surface area contributed by atoms with Crippen molar-refractivity contribution in [3.05, 3.63) is 100 Å². The van der Waals surface area contributed by atoms with E-state index < -0.39 is 0 Å². The van der Waals surface area contributed by atoms with Gasteiger partial charge in [0.1, 0.15) is 12.4 Å². The zero-order valence-electron chi connectivity index (χ0n) is 18.4. The molecule has 0 aliphatic carbocycles. The van der Waals surface area contributed by atoms with E-state index in [1.54, 1.807) is 24.4 Å². The van der Waals surface area contributed by atoms with Gasteiger partial charge >= 0.3 is 0 Å². The van der Waals surface area contributed by atoms with Crippen molar-refractivity contribution in [3.8, 4) is 5.75 Å². The monoisotopic (exact) mass is 444 g/mol. The Morgan fingerprint density at radius 3 is 2.66 bits per heavy atom. The summed E-state index contributed by atoms with van der Waals surface area (Å²) in [5.41, 5.74) is 4.62. The van der Waals surface area contributed by atoms with Gasteiger partial charge in [-0.1, -0.05) is 55.8 Å². The summed E-state index contributed by atoms with van der Waals surface area (Å²) < 4.78 is 5.98. The number of halogens is 1. The molecule has 0 spiro atoms. The molecule has 1 heterocycles. The molecule has 0 aliphatic rings. The quantitative estimate of drug-likeness (QED) is 0.343. The van der Waals surface area contributed by atoms with Gasteiger partial charge in [0.2, 0.25) is 0 Å². The van der Waals surface area contributed by atoms with Crippen LogP contribution in [0, 0.1) is 6.92 Å². The Hall–Kier alpha value is -3.37. The molecule has 0 saturated carbocycles. The lowest BCUT2D eigenvalue weighted by Gasteiger charge is -2.13. The Bertz CT molecular complexity index is 1280. The molecule has 1 N–H and O–H groups in total. The number of hydrogen-bond acceptors (Lipinski definition) is 3. The normalized spacial score (nSPS) is 11.0. The number of aromatic nitrogens is 1. The molecule has 3 aromatic carbocycles. The molecule has 0 radical (unpaired) electrons. The Kier molecular flexibility index (Phi) is 6.42. The van der Waals surface area contributed by atoms with Crippen LogP contribution in [0.1, 0.15) is 46.8 Å². The van der Waals surface area contributed by atoms with E-state index in [1.165, 1.54) is 5.56 Å². The molecule has 5 heteroatoms. The summed E-state index contributed by atoms with van der Waals surface area (Å²) in [6.45, 7) is 6.67. The molecule has 4 nitrogen and oxygen atoms in total. The number of carbonyl (C=O) groups excluding carboxylic acids is 1. The minimum Gasteiger partial charge on any atom is -0.487 e. The maximum atomic E-state index is 12.8. The Balaban J connectivity index is 1.51. The third-order valence-corrected chi connectivity index (χ3v) is 5.79. The van der Waals surface area contributed by atoms with E-state index in [9.17, 15) is 4.79 Å². The summed E-state index contributed by atoms with van der Waals surface area (Å²) >= 11 is 6.34. The molecule has 1 amide bonds. The smallest absolute Gasteiger partial charge is 0.255 e. The first-order valence-corrected chi connectivity index (χ1v) is 11.0. The molecule has 0 saturated heterocycles. The van der Waals surface area contributed by atoms with Gasteiger partial charge in [-0.15, -0.1) is 0 Å². The van der Waals surface area contributed by atoms with Crippen LogP contribution in [0.2, 0.25) is 5.02 Å². The highest BCUT2D eigenvalue weighted by atomic mass is 35.5. The van der Waals surface area contributed by atoms with Crippen LogP contribution >= 0.6 is 11.6 Å². The topological polar surface area (TPSA) is 51.2 Å². The summed E-state index contributed by atoms with van der Waals surface area (Å²) in [5, 5.41) is 5.54. The highest BCUT2D eigenvalue weighted by Crippen LogP contribution is 2.28. The van der Waals surface area contributed by atoms with Crippen LogP contribution in [-0.2, 0) is 6.61 Å². The molecular formula is C27H25ClN2O2. The molecule has 0 bridgehead atoms. The number of hydrogen-bond donors (Lipinski definition) is 1. The lowest BCUT2D eigenvalue weighted by atomic mass is 9.97. The van der Waals surface area contributed by atoms with Gasteiger partial charge in [0.25, 0.3) is 5.91 Å². The van der Waals surface area contributed by atoms with Crippen LogP contribution in [0.15, 0.2) is 73.1 Å². The number of pyridine rings is 1. The third-order valence-electron chi connectivity index (χ3n) is 5.48. The van der Waals surface area contributed by atoms with Crippen molar-refractivity contribution in [2.24, 2.45) is 0 Å². The van der Waals surface area contributed by atoms with Gasteiger partial charge in [0.15, 0.2) is 0 Å². The zero-order valence-corrected chi connectivity index (χ0v) is 19.1. The number of anilines is 1. The average molecular weight is 445 g/mol. The predicted octanol–water partition coefficient (Wildman–Crippen LogP) is 7.15. The number of nitrogens with zero attached hydrogens (tertiary/aromatic N) is 1. The van der Waals surface area contributed by atoms with Gasteiger partial charge in [-0.2, -0.15) is 0 Å².